The average Bonchev–Trinajstić information content (AvgIpc) is 2.48. The molecule has 0 spiro atoms. The molecule has 120 valence electrons. The highest BCUT2D eigenvalue weighted by molar-refractivity contribution is 5.72. The van der Waals surface area contributed by atoms with Crippen LogP contribution in [0.5, 0.6) is 0 Å². The first-order valence-electron chi connectivity index (χ1n) is 7.94. The highest BCUT2D eigenvalue weighted by Crippen LogP contribution is 2.07. The quantitative estimate of drug-likeness (QED) is 0.456. The van der Waals surface area contributed by atoms with E-state index < -0.39 is 0 Å². The number of carbonyl (C=O) groups is 2. The summed E-state index contributed by atoms with van der Waals surface area (Å²) in [7, 11) is 0. The Bertz CT molecular complexity index is 352. The second-order valence-electron chi connectivity index (χ2n) is 4.90. The lowest BCUT2D eigenvalue weighted by Crippen LogP contribution is -2.17. The van der Waals surface area contributed by atoms with Crippen LogP contribution in [0.2, 0.25) is 0 Å². The number of carbonyl (C=O) groups excluding carboxylic acids is 2. The lowest BCUT2D eigenvalue weighted by Gasteiger charge is -2.13. The van der Waals surface area contributed by atoms with Crippen LogP contribution in [0.25, 0.3) is 0 Å². The minimum Gasteiger partial charge on any atom is -0.466 e. The predicted octanol–water partition coefficient (Wildman–Crippen LogP) is 3.63. The van der Waals surface area contributed by atoms with Gasteiger partial charge in [0.25, 0.3) is 0 Å². The molecule has 0 fully saturated rings. The summed E-state index contributed by atoms with van der Waals surface area (Å²) in [6, 6.07) is 0. The summed E-state index contributed by atoms with van der Waals surface area (Å²) in [5.74, 6) is 5.58. The summed E-state index contributed by atoms with van der Waals surface area (Å²) in [5, 5.41) is 0. The van der Waals surface area contributed by atoms with Crippen LogP contribution >= 0.6 is 0 Å². The first kappa shape index (κ1) is 19.5. The first-order valence-corrected chi connectivity index (χ1v) is 7.94. The molecule has 0 saturated carbocycles. The maximum Gasteiger partial charge on any atom is 0.306 e. The lowest BCUT2D eigenvalue weighted by atomic mass is 10.2. The third kappa shape index (κ3) is 12.0. The minimum atomic E-state index is -0.262. The topological polar surface area (TPSA) is 52.6 Å². The molecule has 4 nitrogen and oxygen atoms in total. The molecule has 0 aliphatic carbocycles. The predicted molar refractivity (Wildman–Crippen MR) is 82.6 cm³/mol. The molecule has 1 atom stereocenters. The lowest BCUT2D eigenvalue weighted by molar-refractivity contribution is -0.149. The Morgan fingerprint density at radius 2 is 1.71 bits per heavy atom. The molecule has 4 heteroatoms. The Labute approximate surface area is 128 Å². The zero-order valence-electron chi connectivity index (χ0n) is 13.6. The van der Waals surface area contributed by atoms with Gasteiger partial charge < -0.3 is 9.47 Å². The van der Waals surface area contributed by atoms with Gasteiger partial charge in [0.15, 0.2) is 0 Å². The molecular formula is C17H28O4. The Morgan fingerprint density at radius 3 is 2.33 bits per heavy atom. The molecule has 0 saturated heterocycles. The molecule has 0 aliphatic rings. The zero-order chi connectivity index (χ0) is 15.9. The van der Waals surface area contributed by atoms with Crippen LogP contribution < -0.4 is 0 Å². The molecule has 0 rings (SSSR count). The Balaban J connectivity index is 3.85. The van der Waals surface area contributed by atoms with Gasteiger partial charge in [-0.2, -0.15) is 0 Å². The molecule has 0 aromatic heterocycles. The Hall–Kier alpha value is -1.50. The van der Waals surface area contributed by atoms with Crippen molar-refractivity contribution in [2.45, 2.75) is 78.2 Å². The van der Waals surface area contributed by atoms with Crippen molar-refractivity contribution in [3.8, 4) is 11.8 Å². The standard InChI is InChI=1S/C17H28O4/c1-4-7-8-9-11-15(6-3)21-17(19)13-10-12-16(18)20-14-5-2/h15H,4-7,10-14H2,1-3H3. The molecule has 0 bridgehead atoms. The van der Waals surface area contributed by atoms with E-state index in [1.807, 2.05) is 13.8 Å². The fourth-order valence-corrected chi connectivity index (χ4v) is 1.58. The van der Waals surface area contributed by atoms with Crippen molar-refractivity contribution in [2.24, 2.45) is 0 Å². The largest absolute Gasteiger partial charge is 0.466 e. The van der Waals surface area contributed by atoms with E-state index in [9.17, 15) is 9.59 Å². The van der Waals surface area contributed by atoms with Gasteiger partial charge in [0.1, 0.15) is 6.10 Å². The van der Waals surface area contributed by atoms with Crippen molar-refractivity contribution in [1.29, 1.82) is 0 Å². The average molecular weight is 296 g/mol. The van der Waals surface area contributed by atoms with Crippen LogP contribution in [-0.4, -0.2) is 24.6 Å². The molecule has 21 heavy (non-hydrogen) atoms. The van der Waals surface area contributed by atoms with Gasteiger partial charge in [0.2, 0.25) is 0 Å². The summed E-state index contributed by atoms with van der Waals surface area (Å²) < 4.78 is 10.3. The van der Waals surface area contributed by atoms with Gasteiger partial charge in [0.05, 0.1) is 6.61 Å². The maximum absolute atomic E-state index is 11.7. The summed E-state index contributed by atoms with van der Waals surface area (Å²) in [6.45, 7) is 6.44. The van der Waals surface area contributed by atoms with Gasteiger partial charge in [-0.1, -0.05) is 26.7 Å². The zero-order valence-corrected chi connectivity index (χ0v) is 13.6. The Kier molecular flexibility index (Phi) is 12.5. The first-order chi connectivity index (χ1) is 10.1. The van der Waals surface area contributed by atoms with Crippen LogP contribution in [0.3, 0.4) is 0 Å². The number of hydrogen-bond acceptors (Lipinski definition) is 4. The fraction of sp³-hybridized carbons (Fsp3) is 0.765. The van der Waals surface area contributed by atoms with Crippen LogP contribution in [-0.2, 0) is 19.1 Å². The molecule has 0 aliphatic heterocycles. The molecule has 0 aromatic rings. The normalized spacial score (nSPS) is 11.2. The van der Waals surface area contributed by atoms with Gasteiger partial charge in [-0.3, -0.25) is 9.59 Å². The van der Waals surface area contributed by atoms with Gasteiger partial charge in [0, 0.05) is 25.7 Å². The monoisotopic (exact) mass is 296 g/mol. The van der Waals surface area contributed by atoms with Crippen molar-refractivity contribution in [3.63, 3.8) is 0 Å². The van der Waals surface area contributed by atoms with E-state index in [0.717, 1.165) is 25.7 Å². The van der Waals surface area contributed by atoms with E-state index in [1.54, 1.807) is 0 Å². The number of esters is 2. The van der Waals surface area contributed by atoms with E-state index in [0.29, 0.717) is 19.4 Å². The van der Waals surface area contributed by atoms with Crippen molar-refractivity contribution in [1.82, 2.24) is 0 Å². The van der Waals surface area contributed by atoms with E-state index in [1.165, 1.54) is 0 Å². The third-order valence-corrected chi connectivity index (χ3v) is 2.81. The van der Waals surface area contributed by atoms with Crippen LogP contribution in [0.4, 0.5) is 0 Å². The van der Waals surface area contributed by atoms with Crippen LogP contribution in [0.1, 0.15) is 72.1 Å². The maximum atomic E-state index is 11.7. The van der Waals surface area contributed by atoms with E-state index >= 15 is 0 Å². The van der Waals surface area contributed by atoms with Gasteiger partial charge >= 0.3 is 11.9 Å². The second kappa shape index (κ2) is 13.5. The highest BCUT2D eigenvalue weighted by atomic mass is 16.5. The molecule has 0 heterocycles. The van der Waals surface area contributed by atoms with E-state index in [2.05, 4.69) is 18.8 Å². The van der Waals surface area contributed by atoms with Crippen molar-refractivity contribution >= 4 is 11.9 Å². The van der Waals surface area contributed by atoms with Gasteiger partial charge in [-0.15, -0.1) is 5.92 Å². The number of unbranched alkanes of at least 4 members (excludes halogenated alkanes) is 1. The molecule has 1 unspecified atom stereocenters. The van der Waals surface area contributed by atoms with E-state index in [4.69, 9.17) is 9.47 Å². The number of hydrogen-bond donors (Lipinski definition) is 0. The van der Waals surface area contributed by atoms with E-state index in [-0.39, 0.29) is 30.9 Å². The SMILES string of the molecule is CCCC#CCC(CC)OC(=O)CCCC(=O)OCCC. The second-order valence-corrected chi connectivity index (χ2v) is 4.90. The number of ether oxygens (including phenoxy) is 2. The van der Waals surface area contributed by atoms with Crippen LogP contribution in [0.15, 0.2) is 0 Å². The van der Waals surface area contributed by atoms with Crippen LogP contribution in [0, 0.1) is 11.8 Å². The number of rotatable bonds is 10. The molecule has 0 radical (unpaired) electrons. The summed E-state index contributed by atoms with van der Waals surface area (Å²) in [6.07, 6.45) is 4.91. The molecular weight excluding hydrogens is 268 g/mol. The third-order valence-electron chi connectivity index (χ3n) is 2.81. The fourth-order valence-electron chi connectivity index (χ4n) is 1.58. The summed E-state index contributed by atoms with van der Waals surface area (Å²) in [5.41, 5.74) is 0. The molecule has 0 N–H and O–H groups in total. The minimum absolute atomic E-state index is 0.145. The summed E-state index contributed by atoms with van der Waals surface area (Å²) >= 11 is 0. The smallest absolute Gasteiger partial charge is 0.306 e. The highest BCUT2D eigenvalue weighted by Gasteiger charge is 2.12. The Morgan fingerprint density at radius 1 is 1.00 bits per heavy atom. The van der Waals surface area contributed by atoms with Crippen molar-refractivity contribution in [2.75, 3.05) is 6.61 Å². The summed E-state index contributed by atoms with van der Waals surface area (Å²) in [4.78, 5) is 22.9. The van der Waals surface area contributed by atoms with Gasteiger partial charge in [-0.05, 0) is 25.7 Å². The van der Waals surface area contributed by atoms with Crippen molar-refractivity contribution in [3.05, 3.63) is 0 Å². The van der Waals surface area contributed by atoms with Crippen molar-refractivity contribution < 1.29 is 19.1 Å². The molecule has 0 aromatic carbocycles. The molecule has 0 amide bonds. The van der Waals surface area contributed by atoms with Gasteiger partial charge in [-0.25, -0.2) is 0 Å².